The maximum absolute atomic E-state index is 10.6. The van der Waals surface area contributed by atoms with E-state index in [0.717, 1.165) is 0 Å². The lowest BCUT2D eigenvalue weighted by molar-refractivity contribution is -0.137. The molecule has 5 heteroatoms. The second-order valence-corrected chi connectivity index (χ2v) is 3.68. The Hall–Kier alpha value is -1.65. The normalized spacial score (nSPS) is 12.5. The Morgan fingerprint density at radius 1 is 1.53 bits per heavy atom. The van der Waals surface area contributed by atoms with Crippen molar-refractivity contribution in [3.63, 3.8) is 0 Å². The van der Waals surface area contributed by atoms with Crippen molar-refractivity contribution >= 4 is 11.8 Å². The van der Waals surface area contributed by atoms with Crippen LogP contribution in [-0.4, -0.2) is 27.1 Å². The number of carbonyl (C=O) groups is 1. The molecule has 0 aromatic carbocycles. The van der Waals surface area contributed by atoms with Gasteiger partial charge in [0.25, 0.3) is 0 Å². The lowest BCUT2D eigenvalue weighted by Crippen LogP contribution is -2.28. The fourth-order valence-electron chi connectivity index (χ4n) is 1.21. The standard InChI is InChI=1S/C10H15N3O2/c1-7(2)8(5-10(14)15)13-9-6-11-3-4-12-9/h3-4,6-8H,5H2,1-2H3,(H,12,13)(H,14,15). The minimum absolute atomic E-state index is 0.0776. The van der Waals surface area contributed by atoms with Crippen LogP contribution in [0, 0.1) is 5.92 Å². The number of anilines is 1. The molecule has 1 aromatic heterocycles. The van der Waals surface area contributed by atoms with Crippen LogP contribution < -0.4 is 5.32 Å². The Bertz CT molecular complexity index is 314. The highest BCUT2D eigenvalue weighted by molar-refractivity contribution is 5.68. The molecule has 1 atom stereocenters. The lowest BCUT2D eigenvalue weighted by Gasteiger charge is -2.20. The molecule has 0 saturated heterocycles. The van der Waals surface area contributed by atoms with E-state index in [1.54, 1.807) is 18.6 Å². The maximum Gasteiger partial charge on any atom is 0.305 e. The van der Waals surface area contributed by atoms with E-state index in [9.17, 15) is 4.79 Å². The number of carboxylic acid groups (broad SMARTS) is 1. The zero-order chi connectivity index (χ0) is 11.3. The summed E-state index contributed by atoms with van der Waals surface area (Å²) in [6.07, 6.45) is 4.80. The molecular weight excluding hydrogens is 194 g/mol. The summed E-state index contributed by atoms with van der Waals surface area (Å²) in [7, 11) is 0. The van der Waals surface area contributed by atoms with E-state index in [1.807, 2.05) is 13.8 Å². The molecule has 5 nitrogen and oxygen atoms in total. The minimum atomic E-state index is -0.815. The average Bonchev–Trinajstić information content (AvgIpc) is 2.17. The summed E-state index contributed by atoms with van der Waals surface area (Å²) in [5.74, 6) is 0.0191. The Labute approximate surface area is 88.6 Å². The van der Waals surface area contributed by atoms with Gasteiger partial charge >= 0.3 is 5.97 Å². The number of aliphatic carboxylic acids is 1. The van der Waals surface area contributed by atoms with Crippen molar-refractivity contribution in [2.24, 2.45) is 5.92 Å². The Kier molecular flexibility index (Phi) is 4.03. The molecule has 1 aromatic rings. The van der Waals surface area contributed by atoms with Crippen LogP contribution in [0.15, 0.2) is 18.6 Å². The first-order valence-electron chi connectivity index (χ1n) is 4.84. The molecule has 0 aliphatic heterocycles. The van der Waals surface area contributed by atoms with Gasteiger partial charge in [0.15, 0.2) is 0 Å². The summed E-state index contributed by atoms with van der Waals surface area (Å²) in [5, 5.41) is 11.8. The number of rotatable bonds is 5. The van der Waals surface area contributed by atoms with E-state index in [1.165, 1.54) is 0 Å². The van der Waals surface area contributed by atoms with Crippen molar-refractivity contribution in [2.45, 2.75) is 26.3 Å². The molecule has 0 saturated carbocycles. The molecule has 0 radical (unpaired) electrons. The molecule has 1 unspecified atom stereocenters. The second kappa shape index (κ2) is 5.29. The van der Waals surface area contributed by atoms with Crippen LogP contribution in [0.3, 0.4) is 0 Å². The highest BCUT2D eigenvalue weighted by Gasteiger charge is 2.17. The Morgan fingerprint density at radius 3 is 2.73 bits per heavy atom. The van der Waals surface area contributed by atoms with Crippen molar-refractivity contribution in [2.75, 3.05) is 5.32 Å². The molecule has 1 heterocycles. The van der Waals surface area contributed by atoms with Crippen LogP contribution >= 0.6 is 0 Å². The molecule has 2 N–H and O–H groups in total. The molecule has 0 fully saturated rings. The first-order valence-corrected chi connectivity index (χ1v) is 4.84. The van der Waals surface area contributed by atoms with Gasteiger partial charge in [0.2, 0.25) is 0 Å². The zero-order valence-corrected chi connectivity index (χ0v) is 8.84. The summed E-state index contributed by atoms with van der Waals surface area (Å²) in [4.78, 5) is 18.6. The summed E-state index contributed by atoms with van der Waals surface area (Å²) >= 11 is 0. The van der Waals surface area contributed by atoms with E-state index in [-0.39, 0.29) is 18.4 Å². The third kappa shape index (κ3) is 3.93. The largest absolute Gasteiger partial charge is 0.481 e. The SMILES string of the molecule is CC(C)C(CC(=O)O)Nc1cnccn1. The third-order valence-corrected chi connectivity index (χ3v) is 2.10. The minimum Gasteiger partial charge on any atom is -0.481 e. The Morgan fingerprint density at radius 2 is 2.27 bits per heavy atom. The number of hydrogen-bond acceptors (Lipinski definition) is 4. The summed E-state index contributed by atoms with van der Waals surface area (Å²) in [5.41, 5.74) is 0. The van der Waals surface area contributed by atoms with E-state index in [2.05, 4.69) is 15.3 Å². The Balaban J connectivity index is 2.63. The molecule has 0 amide bonds. The second-order valence-electron chi connectivity index (χ2n) is 3.68. The molecule has 0 aliphatic carbocycles. The summed E-state index contributed by atoms with van der Waals surface area (Å²) in [6.45, 7) is 3.94. The van der Waals surface area contributed by atoms with Crippen LogP contribution in [0.2, 0.25) is 0 Å². The number of nitrogens with one attached hydrogen (secondary N) is 1. The molecule has 82 valence electrons. The maximum atomic E-state index is 10.6. The monoisotopic (exact) mass is 209 g/mol. The van der Waals surface area contributed by atoms with Gasteiger partial charge in [-0.05, 0) is 5.92 Å². The molecule has 0 aliphatic rings. The van der Waals surface area contributed by atoms with Gasteiger partial charge in [-0.25, -0.2) is 4.98 Å². The van der Waals surface area contributed by atoms with E-state index in [0.29, 0.717) is 5.82 Å². The molecular formula is C10H15N3O2. The van der Waals surface area contributed by atoms with Gasteiger partial charge in [-0.15, -0.1) is 0 Å². The average molecular weight is 209 g/mol. The van der Waals surface area contributed by atoms with Crippen molar-refractivity contribution < 1.29 is 9.90 Å². The van der Waals surface area contributed by atoms with Gasteiger partial charge in [-0.1, -0.05) is 13.8 Å². The van der Waals surface area contributed by atoms with Gasteiger partial charge in [-0.3, -0.25) is 9.78 Å². The van der Waals surface area contributed by atoms with Crippen LogP contribution in [0.25, 0.3) is 0 Å². The van der Waals surface area contributed by atoms with E-state index >= 15 is 0 Å². The van der Waals surface area contributed by atoms with Crippen LogP contribution in [0.5, 0.6) is 0 Å². The molecule has 0 spiro atoms. The zero-order valence-electron chi connectivity index (χ0n) is 8.84. The van der Waals surface area contributed by atoms with Crippen molar-refractivity contribution in [1.29, 1.82) is 0 Å². The smallest absolute Gasteiger partial charge is 0.305 e. The highest BCUT2D eigenvalue weighted by atomic mass is 16.4. The lowest BCUT2D eigenvalue weighted by atomic mass is 10.0. The quantitative estimate of drug-likeness (QED) is 0.766. The molecule has 15 heavy (non-hydrogen) atoms. The van der Waals surface area contributed by atoms with Gasteiger partial charge in [0, 0.05) is 18.4 Å². The van der Waals surface area contributed by atoms with Crippen molar-refractivity contribution in [3.05, 3.63) is 18.6 Å². The van der Waals surface area contributed by atoms with Crippen LogP contribution in [-0.2, 0) is 4.79 Å². The van der Waals surface area contributed by atoms with Gasteiger partial charge in [0.05, 0.1) is 12.6 Å². The predicted molar refractivity (Wildman–Crippen MR) is 56.5 cm³/mol. The number of nitrogens with zero attached hydrogens (tertiary/aromatic N) is 2. The van der Waals surface area contributed by atoms with E-state index < -0.39 is 5.97 Å². The van der Waals surface area contributed by atoms with E-state index in [4.69, 9.17) is 5.11 Å². The molecule has 0 bridgehead atoms. The number of hydrogen-bond donors (Lipinski definition) is 2. The first kappa shape index (κ1) is 11.4. The van der Waals surface area contributed by atoms with Crippen molar-refractivity contribution in [1.82, 2.24) is 9.97 Å². The van der Waals surface area contributed by atoms with Gasteiger partial charge in [-0.2, -0.15) is 0 Å². The van der Waals surface area contributed by atoms with Crippen LogP contribution in [0.1, 0.15) is 20.3 Å². The fourth-order valence-corrected chi connectivity index (χ4v) is 1.21. The van der Waals surface area contributed by atoms with Crippen LogP contribution in [0.4, 0.5) is 5.82 Å². The number of aromatic nitrogens is 2. The summed E-state index contributed by atoms with van der Waals surface area (Å²) in [6, 6.07) is -0.126. The molecule has 1 rings (SSSR count). The highest BCUT2D eigenvalue weighted by Crippen LogP contribution is 2.12. The van der Waals surface area contributed by atoms with Gasteiger partial charge in [0.1, 0.15) is 5.82 Å². The topological polar surface area (TPSA) is 75.1 Å². The van der Waals surface area contributed by atoms with Crippen molar-refractivity contribution in [3.8, 4) is 0 Å². The first-order chi connectivity index (χ1) is 7.09. The van der Waals surface area contributed by atoms with Gasteiger partial charge < -0.3 is 10.4 Å². The third-order valence-electron chi connectivity index (χ3n) is 2.10. The summed E-state index contributed by atoms with van der Waals surface area (Å²) < 4.78 is 0. The fraction of sp³-hybridized carbons (Fsp3) is 0.500. The number of carboxylic acids is 1. The predicted octanol–water partition coefficient (Wildman–Crippen LogP) is 1.39.